The minimum Gasteiger partial charge on any atom is -0.315 e. The standard InChI is InChI=1S/C12H20N2O/c1-3-11(2)10-13-7-9-14-8-5-4-6-12(14)15/h4-6,8,11,13H,3,7,9-10H2,1-2H3. The molecule has 0 aliphatic rings. The lowest BCUT2D eigenvalue weighted by Crippen LogP contribution is -2.28. The van der Waals surface area contributed by atoms with E-state index in [-0.39, 0.29) is 5.56 Å². The molecule has 1 aromatic rings. The molecule has 1 heterocycles. The Labute approximate surface area is 91.1 Å². The molecule has 3 heteroatoms. The number of nitrogens with zero attached hydrogens (tertiary/aromatic N) is 1. The van der Waals surface area contributed by atoms with Crippen LogP contribution in [0, 0.1) is 5.92 Å². The van der Waals surface area contributed by atoms with Crippen LogP contribution in [0.1, 0.15) is 20.3 Å². The zero-order chi connectivity index (χ0) is 11.1. The smallest absolute Gasteiger partial charge is 0.250 e. The summed E-state index contributed by atoms with van der Waals surface area (Å²) in [5.41, 5.74) is 0.0721. The van der Waals surface area contributed by atoms with E-state index in [1.165, 1.54) is 6.42 Å². The predicted molar refractivity (Wildman–Crippen MR) is 63.0 cm³/mol. The predicted octanol–water partition coefficient (Wildman–Crippen LogP) is 1.48. The van der Waals surface area contributed by atoms with Crippen molar-refractivity contribution in [3.63, 3.8) is 0 Å². The van der Waals surface area contributed by atoms with E-state index in [9.17, 15) is 4.79 Å². The molecule has 0 amide bonds. The highest BCUT2D eigenvalue weighted by Gasteiger charge is 1.97. The van der Waals surface area contributed by atoms with Crippen LogP contribution in [0.25, 0.3) is 0 Å². The van der Waals surface area contributed by atoms with Crippen LogP contribution < -0.4 is 10.9 Å². The second-order valence-electron chi connectivity index (χ2n) is 3.95. The molecule has 3 nitrogen and oxygen atoms in total. The molecule has 0 spiro atoms. The SMILES string of the molecule is CCC(C)CNCCn1ccccc1=O. The molecule has 1 rings (SSSR count). The lowest BCUT2D eigenvalue weighted by Gasteiger charge is -2.10. The second-order valence-corrected chi connectivity index (χ2v) is 3.95. The van der Waals surface area contributed by atoms with E-state index >= 15 is 0 Å². The zero-order valence-corrected chi connectivity index (χ0v) is 9.57. The van der Waals surface area contributed by atoms with Crippen LogP contribution in [0.3, 0.4) is 0 Å². The van der Waals surface area contributed by atoms with E-state index < -0.39 is 0 Å². The number of nitrogens with one attached hydrogen (secondary N) is 1. The van der Waals surface area contributed by atoms with Crippen molar-refractivity contribution >= 4 is 0 Å². The van der Waals surface area contributed by atoms with Gasteiger partial charge in [-0.05, 0) is 18.5 Å². The molecule has 1 atom stereocenters. The van der Waals surface area contributed by atoms with Crippen molar-refractivity contribution in [3.05, 3.63) is 34.7 Å². The fraction of sp³-hybridized carbons (Fsp3) is 0.583. The van der Waals surface area contributed by atoms with Crippen LogP contribution in [-0.2, 0) is 6.54 Å². The number of aromatic nitrogens is 1. The summed E-state index contributed by atoms with van der Waals surface area (Å²) in [6.45, 7) is 7.04. The van der Waals surface area contributed by atoms with Gasteiger partial charge in [0.25, 0.3) is 5.56 Å². The van der Waals surface area contributed by atoms with E-state index in [0.717, 1.165) is 19.6 Å². The quantitative estimate of drug-likeness (QED) is 0.719. The van der Waals surface area contributed by atoms with Crippen molar-refractivity contribution in [2.24, 2.45) is 5.92 Å². The van der Waals surface area contributed by atoms with Crippen molar-refractivity contribution in [2.75, 3.05) is 13.1 Å². The monoisotopic (exact) mass is 208 g/mol. The highest BCUT2D eigenvalue weighted by atomic mass is 16.1. The summed E-state index contributed by atoms with van der Waals surface area (Å²) in [6, 6.07) is 5.25. The molecule has 1 unspecified atom stereocenters. The molecule has 0 bridgehead atoms. The summed E-state index contributed by atoms with van der Waals surface area (Å²) in [5, 5.41) is 3.35. The summed E-state index contributed by atoms with van der Waals surface area (Å²) in [4.78, 5) is 11.3. The number of rotatable bonds is 6. The molecule has 0 aliphatic heterocycles. The molecule has 15 heavy (non-hydrogen) atoms. The molecule has 1 N–H and O–H groups in total. The molecular weight excluding hydrogens is 188 g/mol. The first kappa shape index (κ1) is 12.0. The molecule has 0 saturated carbocycles. The molecule has 0 saturated heterocycles. The fourth-order valence-corrected chi connectivity index (χ4v) is 1.34. The third-order valence-electron chi connectivity index (χ3n) is 2.62. The number of pyridine rings is 1. The Bertz CT molecular complexity index is 332. The maximum Gasteiger partial charge on any atom is 0.250 e. The van der Waals surface area contributed by atoms with Gasteiger partial charge in [-0.1, -0.05) is 26.3 Å². The van der Waals surface area contributed by atoms with E-state index in [4.69, 9.17) is 0 Å². The summed E-state index contributed by atoms with van der Waals surface area (Å²) in [5.74, 6) is 0.706. The van der Waals surface area contributed by atoms with E-state index in [1.807, 2.05) is 12.3 Å². The van der Waals surface area contributed by atoms with Gasteiger partial charge < -0.3 is 9.88 Å². The molecular formula is C12H20N2O. The van der Waals surface area contributed by atoms with Gasteiger partial charge in [-0.3, -0.25) is 4.79 Å². The van der Waals surface area contributed by atoms with Crippen molar-refractivity contribution in [3.8, 4) is 0 Å². The highest BCUT2D eigenvalue weighted by molar-refractivity contribution is 4.93. The first-order valence-electron chi connectivity index (χ1n) is 5.60. The van der Waals surface area contributed by atoms with Crippen molar-refractivity contribution in [2.45, 2.75) is 26.8 Å². The molecule has 0 aromatic carbocycles. The average molecular weight is 208 g/mol. The Morgan fingerprint density at radius 1 is 1.47 bits per heavy atom. The van der Waals surface area contributed by atoms with Crippen LogP contribution in [-0.4, -0.2) is 17.7 Å². The number of hydrogen-bond acceptors (Lipinski definition) is 2. The van der Waals surface area contributed by atoms with Crippen LogP contribution in [0.5, 0.6) is 0 Å². The van der Waals surface area contributed by atoms with Crippen LogP contribution in [0.4, 0.5) is 0 Å². The summed E-state index contributed by atoms with van der Waals surface area (Å²) < 4.78 is 1.73. The van der Waals surface area contributed by atoms with Crippen molar-refractivity contribution in [1.82, 2.24) is 9.88 Å². The Morgan fingerprint density at radius 3 is 2.93 bits per heavy atom. The first-order chi connectivity index (χ1) is 7.24. The summed E-state index contributed by atoms with van der Waals surface area (Å²) in [6.07, 6.45) is 3.02. The zero-order valence-electron chi connectivity index (χ0n) is 9.57. The second kappa shape index (κ2) is 6.40. The first-order valence-corrected chi connectivity index (χ1v) is 5.60. The Kier molecular flexibility index (Phi) is 5.12. The Balaban J connectivity index is 2.26. The fourth-order valence-electron chi connectivity index (χ4n) is 1.34. The third kappa shape index (κ3) is 4.30. The number of hydrogen-bond donors (Lipinski definition) is 1. The minimum absolute atomic E-state index is 0.0721. The van der Waals surface area contributed by atoms with E-state index in [1.54, 1.807) is 16.7 Å². The van der Waals surface area contributed by atoms with Crippen molar-refractivity contribution < 1.29 is 0 Å². The Morgan fingerprint density at radius 2 is 2.27 bits per heavy atom. The summed E-state index contributed by atoms with van der Waals surface area (Å²) in [7, 11) is 0. The minimum atomic E-state index is 0.0721. The van der Waals surface area contributed by atoms with Gasteiger partial charge in [0.2, 0.25) is 0 Å². The maximum atomic E-state index is 11.3. The van der Waals surface area contributed by atoms with E-state index in [2.05, 4.69) is 19.2 Å². The molecule has 0 aliphatic carbocycles. The van der Waals surface area contributed by atoms with Crippen LogP contribution in [0.2, 0.25) is 0 Å². The van der Waals surface area contributed by atoms with Gasteiger partial charge in [-0.2, -0.15) is 0 Å². The topological polar surface area (TPSA) is 34.0 Å². The van der Waals surface area contributed by atoms with Crippen molar-refractivity contribution in [1.29, 1.82) is 0 Å². The van der Waals surface area contributed by atoms with E-state index in [0.29, 0.717) is 5.92 Å². The largest absolute Gasteiger partial charge is 0.315 e. The van der Waals surface area contributed by atoms with Gasteiger partial charge >= 0.3 is 0 Å². The van der Waals surface area contributed by atoms with Gasteiger partial charge in [0, 0.05) is 25.4 Å². The van der Waals surface area contributed by atoms with Gasteiger partial charge in [-0.25, -0.2) is 0 Å². The molecule has 0 radical (unpaired) electrons. The average Bonchev–Trinajstić information content (AvgIpc) is 2.26. The van der Waals surface area contributed by atoms with Gasteiger partial charge in [0.1, 0.15) is 0 Å². The lowest BCUT2D eigenvalue weighted by atomic mass is 10.1. The maximum absolute atomic E-state index is 11.3. The molecule has 0 fully saturated rings. The molecule has 1 aromatic heterocycles. The summed E-state index contributed by atoms with van der Waals surface area (Å²) >= 11 is 0. The highest BCUT2D eigenvalue weighted by Crippen LogP contribution is 1.96. The third-order valence-corrected chi connectivity index (χ3v) is 2.62. The lowest BCUT2D eigenvalue weighted by molar-refractivity contribution is 0.482. The van der Waals surface area contributed by atoms with Gasteiger partial charge in [-0.15, -0.1) is 0 Å². The van der Waals surface area contributed by atoms with Crippen LogP contribution >= 0.6 is 0 Å². The van der Waals surface area contributed by atoms with Crippen LogP contribution in [0.15, 0.2) is 29.2 Å². The van der Waals surface area contributed by atoms with Gasteiger partial charge in [0.15, 0.2) is 0 Å². The Hall–Kier alpha value is -1.09. The van der Waals surface area contributed by atoms with Gasteiger partial charge in [0.05, 0.1) is 0 Å². The normalized spacial score (nSPS) is 12.7. The molecule has 84 valence electrons.